The zero-order valence-electron chi connectivity index (χ0n) is 12.8. The Kier molecular flexibility index (Phi) is 7.53. The molecular formula is C16H28N2O. The van der Waals surface area contributed by atoms with Crippen LogP contribution in [0.2, 0.25) is 0 Å². The molecule has 3 nitrogen and oxygen atoms in total. The largest absolute Gasteiger partial charge is 0.385 e. The molecule has 0 aliphatic heterocycles. The summed E-state index contributed by atoms with van der Waals surface area (Å²) in [5, 5.41) is 3.64. The SMILES string of the molecule is CCCNC(CCCOC)c1cccc(N(C)C)c1. The molecule has 1 aromatic rings. The van der Waals surface area contributed by atoms with E-state index in [1.165, 1.54) is 11.3 Å². The second-order valence-electron chi connectivity index (χ2n) is 5.13. The maximum absolute atomic E-state index is 5.16. The molecule has 0 aliphatic carbocycles. The van der Waals surface area contributed by atoms with Crippen molar-refractivity contribution in [3.8, 4) is 0 Å². The van der Waals surface area contributed by atoms with Crippen molar-refractivity contribution >= 4 is 5.69 Å². The molecule has 108 valence electrons. The molecule has 0 saturated carbocycles. The third-order valence-corrected chi connectivity index (χ3v) is 3.27. The van der Waals surface area contributed by atoms with Gasteiger partial charge in [0.05, 0.1) is 0 Å². The second kappa shape index (κ2) is 8.94. The number of hydrogen-bond acceptors (Lipinski definition) is 3. The fraction of sp³-hybridized carbons (Fsp3) is 0.625. The smallest absolute Gasteiger partial charge is 0.0462 e. The van der Waals surface area contributed by atoms with Crippen molar-refractivity contribution in [1.29, 1.82) is 0 Å². The van der Waals surface area contributed by atoms with Crippen LogP contribution in [-0.4, -0.2) is 34.4 Å². The average Bonchev–Trinajstić information content (AvgIpc) is 2.43. The maximum Gasteiger partial charge on any atom is 0.0462 e. The molecule has 0 aromatic heterocycles. The van der Waals surface area contributed by atoms with E-state index in [1.54, 1.807) is 7.11 Å². The van der Waals surface area contributed by atoms with Crippen LogP contribution in [0.5, 0.6) is 0 Å². The Morgan fingerprint density at radius 3 is 2.74 bits per heavy atom. The van der Waals surface area contributed by atoms with Gasteiger partial charge in [-0.2, -0.15) is 0 Å². The molecule has 1 aromatic carbocycles. The highest BCUT2D eigenvalue weighted by molar-refractivity contribution is 5.47. The van der Waals surface area contributed by atoms with Crippen LogP contribution in [0.4, 0.5) is 5.69 Å². The molecule has 0 aliphatic rings. The zero-order valence-corrected chi connectivity index (χ0v) is 12.8. The minimum absolute atomic E-state index is 0.426. The first-order chi connectivity index (χ1) is 9.19. The highest BCUT2D eigenvalue weighted by Crippen LogP contribution is 2.23. The van der Waals surface area contributed by atoms with E-state index in [0.29, 0.717) is 6.04 Å². The number of rotatable bonds is 9. The molecule has 0 heterocycles. The van der Waals surface area contributed by atoms with Crippen LogP contribution >= 0.6 is 0 Å². The van der Waals surface area contributed by atoms with Gasteiger partial charge in [0.1, 0.15) is 0 Å². The normalized spacial score (nSPS) is 12.4. The fourth-order valence-corrected chi connectivity index (χ4v) is 2.16. The van der Waals surface area contributed by atoms with E-state index in [2.05, 4.69) is 55.5 Å². The van der Waals surface area contributed by atoms with Gasteiger partial charge in [0, 0.05) is 39.5 Å². The summed E-state index contributed by atoms with van der Waals surface area (Å²) in [6.07, 6.45) is 3.36. The molecule has 0 fully saturated rings. The van der Waals surface area contributed by atoms with Crippen LogP contribution in [0.15, 0.2) is 24.3 Å². The molecule has 1 rings (SSSR count). The van der Waals surface area contributed by atoms with Gasteiger partial charge < -0.3 is 15.0 Å². The molecule has 1 unspecified atom stereocenters. The standard InChI is InChI=1S/C16H28N2O/c1-5-11-17-16(10-7-12-19-4)14-8-6-9-15(13-14)18(2)3/h6,8-9,13,16-17H,5,7,10-12H2,1-4H3. The Bertz CT molecular complexity index is 352. The predicted octanol–water partition coefficient (Wildman–Crippen LogP) is 3.22. The number of benzene rings is 1. The number of methoxy groups -OCH3 is 1. The molecule has 3 heteroatoms. The lowest BCUT2D eigenvalue weighted by Crippen LogP contribution is -2.23. The third kappa shape index (κ3) is 5.62. The van der Waals surface area contributed by atoms with Gasteiger partial charge in [-0.3, -0.25) is 0 Å². The van der Waals surface area contributed by atoms with Gasteiger partial charge >= 0.3 is 0 Å². The highest BCUT2D eigenvalue weighted by Gasteiger charge is 2.11. The summed E-state index contributed by atoms with van der Waals surface area (Å²) in [5.74, 6) is 0. The highest BCUT2D eigenvalue weighted by atomic mass is 16.5. The Labute approximate surface area is 118 Å². The lowest BCUT2D eigenvalue weighted by atomic mass is 10.0. The minimum Gasteiger partial charge on any atom is -0.385 e. The lowest BCUT2D eigenvalue weighted by molar-refractivity contribution is 0.188. The molecule has 1 N–H and O–H groups in total. The van der Waals surface area contributed by atoms with Crippen molar-refractivity contribution in [1.82, 2.24) is 5.32 Å². The van der Waals surface area contributed by atoms with E-state index >= 15 is 0 Å². The number of nitrogens with zero attached hydrogens (tertiary/aromatic N) is 1. The summed E-state index contributed by atoms with van der Waals surface area (Å²) in [4.78, 5) is 2.15. The van der Waals surface area contributed by atoms with Crippen LogP contribution in [0.1, 0.15) is 37.8 Å². The molecule has 0 bridgehead atoms. The summed E-state index contributed by atoms with van der Waals surface area (Å²) in [6.45, 7) is 4.09. The van der Waals surface area contributed by atoms with Gasteiger partial charge in [0.15, 0.2) is 0 Å². The molecule has 0 amide bonds. The Hall–Kier alpha value is -1.06. The van der Waals surface area contributed by atoms with Crippen LogP contribution in [0.25, 0.3) is 0 Å². The Morgan fingerprint density at radius 1 is 1.32 bits per heavy atom. The van der Waals surface area contributed by atoms with Crippen molar-refractivity contribution in [2.45, 2.75) is 32.2 Å². The van der Waals surface area contributed by atoms with Gasteiger partial charge in [-0.15, -0.1) is 0 Å². The van der Waals surface area contributed by atoms with E-state index in [4.69, 9.17) is 4.74 Å². The van der Waals surface area contributed by atoms with Crippen molar-refractivity contribution in [3.63, 3.8) is 0 Å². The Morgan fingerprint density at radius 2 is 2.11 bits per heavy atom. The Balaban J connectivity index is 2.74. The molecule has 19 heavy (non-hydrogen) atoms. The number of hydrogen-bond donors (Lipinski definition) is 1. The van der Waals surface area contributed by atoms with Crippen molar-refractivity contribution < 1.29 is 4.74 Å². The summed E-state index contributed by atoms with van der Waals surface area (Å²) < 4.78 is 5.16. The van der Waals surface area contributed by atoms with E-state index in [1.807, 2.05) is 0 Å². The topological polar surface area (TPSA) is 24.5 Å². The van der Waals surface area contributed by atoms with Gasteiger partial charge in [-0.25, -0.2) is 0 Å². The van der Waals surface area contributed by atoms with Crippen LogP contribution < -0.4 is 10.2 Å². The van der Waals surface area contributed by atoms with Gasteiger partial charge in [0.2, 0.25) is 0 Å². The molecule has 0 spiro atoms. The first-order valence-electron chi connectivity index (χ1n) is 7.18. The maximum atomic E-state index is 5.16. The quantitative estimate of drug-likeness (QED) is 0.693. The van der Waals surface area contributed by atoms with Crippen LogP contribution in [0.3, 0.4) is 0 Å². The predicted molar refractivity (Wildman–Crippen MR) is 82.9 cm³/mol. The van der Waals surface area contributed by atoms with E-state index in [0.717, 1.165) is 32.4 Å². The number of anilines is 1. The van der Waals surface area contributed by atoms with E-state index < -0.39 is 0 Å². The number of ether oxygens (including phenoxy) is 1. The summed E-state index contributed by atoms with van der Waals surface area (Å²) >= 11 is 0. The summed E-state index contributed by atoms with van der Waals surface area (Å²) in [6, 6.07) is 9.21. The lowest BCUT2D eigenvalue weighted by Gasteiger charge is -2.21. The van der Waals surface area contributed by atoms with Gasteiger partial charge in [-0.1, -0.05) is 19.1 Å². The van der Waals surface area contributed by atoms with Crippen molar-refractivity contribution in [2.75, 3.05) is 39.3 Å². The van der Waals surface area contributed by atoms with Crippen molar-refractivity contribution in [2.24, 2.45) is 0 Å². The van der Waals surface area contributed by atoms with Crippen molar-refractivity contribution in [3.05, 3.63) is 29.8 Å². The molecule has 0 radical (unpaired) electrons. The molecule has 1 atom stereocenters. The van der Waals surface area contributed by atoms with Gasteiger partial charge in [-0.05, 0) is 43.5 Å². The average molecular weight is 264 g/mol. The van der Waals surface area contributed by atoms with Crippen LogP contribution in [0, 0.1) is 0 Å². The second-order valence-corrected chi connectivity index (χ2v) is 5.13. The fourth-order valence-electron chi connectivity index (χ4n) is 2.16. The van der Waals surface area contributed by atoms with E-state index in [-0.39, 0.29) is 0 Å². The van der Waals surface area contributed by atoms with E-state index in [9.17, 15) is 0 Å². The third-order valence-electron chi connectivity index (χ3n) is 3.27. The summed E-state index contributed by atoms with van der Waals surface area (Å²) in [5.41, 5.74) is 2.63. The van der Waals surface area contributed by atoms with Crippen LogP contribution in [-0.2, 0) is 4.74 Å². The first kappa shape index (κ1) is 16.0. The zero-order chi connectivity index (χ0) is 14.1. The number of nitrogens with one attached hydrogen (secondary N) is 1. The summed E-state index contributed by atoms with van der Waals surface area (Å²) in [7, 11) is 5.93. The monoisotopic (exact) mass is 264 g/mol. The molecule has 0 saturated heterocycles. The minimum atomic E-state index is 0.426. The molecular weight excluding hydrogens is 236 g/mol. The van der Waals surface area contributed by atoms with Gasteiger partial charge in [0.25, 0.3) is 0 Å². The first-order valence-corrected chi connectivity index (χ1v) is 7.18.